The molecule has 2 atom stereocenters. The summed E-state index contributed by atoms with van der Waals surface area (Å²) in [5, 5.41) is 0. The Bertz CT molecular complexity index is 247. The van der Waals surface area contributed by atoms with Gasteiger partial charge in [-0.05, 0) is 34.1 Å². The van der Waals surface area contributed by atoms with Gasteiger partial charge in [0, 0.05) is 0 Å². The van der Waals surface area contributed by atoms with Gasteiger partial charge < -0.3 is 9.47 Å². The van der Waals surface area contributed by atoms with E-state index in [0.29, 0.717) is 13.2 Å². The fourth-order valence-electron chi connectivity index (χ4n) is 1.85. The van der Waals surface area contributed by atoms with Crippen LogP contribution in [0, 0.1) is 0 Å². The first-order chi connectivity index (χ1) is 7.35. The number of hydrogen-bond acceptors (Lipinski definition) is 3. The maximum atomic E-state index is 12.0. The third kappa shape index (κ3) is 3.37. The molecule has 0 aliphatic carbocycles. The first kappa shape index (κ1) is 13.3. The van der Waals surface area contributed by atoms with Crippen LogP contribution in [0.15, 0.2) is 0 Å². The maximum Gasteiger partial charge on any atom is 0.410 e. The van der Waals surface area contributed by atoms with Crippen LogP contribution < -0.4 is 0 Å². The Kier molecular flexibility index (Phi) is 4.19. The second kappa shape index (κ2) is 5.04. The molecule has 1 amide bonds. The van der Waals surface area contributed by atoms with E-state index in [4.69, 9.17) is 9.47 Å². The highest BCUT2D eigenvalue weighted by atomic mass is 16.6. The van der Waals surface area contributed by atoms with Gasteiger partial charge in [0.15, 0.2) is 0 Å². The molecule has 16 heavy (non-hydrogen) atoms. The Hall–Kier alpha value is -0.770. The number of morpholine rings is 1. The molecule has 0 radical (unpaired) electrons. The van der Waals surface area contributed by atoms with Gasteiger partial charge in [0.25, 0.3) is 0 Å². The molecular weight excluding hydrogens is 206 g/mol. The maximum absolute atomic E-state index is 12.0. The van der Waals surface area contributed by atoms with Crippen LogP contribution >= 0.6 is 0 Å². The Morgan fingerprint density at radius 1 is 1.44 bits per heavy atom. The fourth-order valence-corrected chi connectivity index (χ4v) is 1.85. The highest BCUT2D eigenvalue weighted by molar-refractivity contribution is 5.69. The van der Waals surface area contributed by atoms with Crippen molar-refractivity contribution in [3.05, 3.63) is 0 Å². The topological polar surface area (TPSA) is 38.8 Å². The molecule has 0 aromatic carbocycles. The second-order valence-corrected chi connectivity index (χ2v) is 5.34. The molecule has 94 valence electrons. The number of rotatable bonds is 1. The summed E-state index contributed by atoms with van der Waals surface area (Å²) in [6.07, 6.45) is 0.666. The SMILES string of the molecule is CCC1COCC(C)N1C(=O)OC(C)(C)C. The zero-order valence-electron chi connectivity index (χ0n) is 10.9. The Labute approximate surface area is 97.9 Å². The Morgan fingerprint density at radius 2 is 2.06 bits per heavy atom. The van der Waals surface area contributed by atoms with E-state index in [0.717, 1.165) is 6.42 Å². The van der Waals surface area contributed by atoms with Crippen molar-refractivity contribution in [1.82, 2.24) is 4.90 Å². The molecule has 1 aliphatic rings. The van der Waals surface area contributed by atoms with Crippen LogP contribution in [0.5, 0.6) is 0 Å². The minimum absolute atomic E-state index is 0.0912. The molecule has 1 fully saturated rings. The number of ether oxygens (including phenoxy) is 2. The van der Waals surface area contributed by atoms with Crippen LogP contribution in [0.2, 0.25) is 0 Å². The molecule has 4 nitrogen and oxygen atoms in total. The lowest BCUT2D eigenvalue weighted by molar-refractivity contribution is -0.0568. The summed E-state index contributed by atoms with van der Waals surface area (Å²) >= 11 is 0. The molecule has 0 spiro atoms. The van der Waals surface area contributed by atoms with Crippen molar-refractivity contribution < 1.29 is 14.3 Å². The van der Waals surface area contributed by atoms with Crippen molar-refractivity contribution in [1.29, 1.82) is 0 Å². The molecule has 1 rings (SSSR count). The summed E-state index contributed by atoms with van der Waals surface area (Å²) in [6.45, 7) is 10.9. The van der Waals surface area contributed by atoms with Gasteiger partial charge in [-0.2, -0.15) is 0 Å². The number of nitrogens with zero attached hydrogens (tertiary/aromatic N) is 1. The summed E-state index contributed by atoms with van der Waals surface area (Å²) in [5.74, 6) is 0. The molecule has 0 bridgehead atoms. The third-order valence-electron chi connectivity index (χ3n) is 2.61. The van der Waals surface area contributed by atoms with E-state index in [1.54, 1.807) is 0 Å². The molecular formula is C12H23NO3. The van der Waals surface area contributed by atoms with Crippen LogP contribution in [-0.4, -0.2) is 41.9 Å². The van der Waals surface area contributed by atoms with Gasteiger partial charge in [-0.25, -0.2) is 4.79 Å². The van der Waals surface area contributed by atoms with E-state index < -0.39 is 5.60 Å². The van der Waals surface area contributed by atoms with E-state index in [1.807, 2.05) is 32.6 Å². The van der Waals surface area contributed by atoms with Gasteiger partial charge in [-0.3, -0.25) is 4.90 Å². The second-order valence-electron chi connectivity index (χ2n) is 5.34. The predicted octanol–water partition coefficient (Wildman–Crippen LogP) is 2.42. The highest BCUT2D eigenvalue weighted by Crippen LogP contribution is 2.19. The standard InChI is InChI=1S/C12H23NO3/c1-6-10-8-15-7-9(2)13(10)11(14)16-12(3,4)5/h9-10H,6-8H2,1-5H3. The molecule has 1 aliphatic heterocycles. The molecule has 1 saturated heterocycles. The minimum Gasteiger partial charge on any atom is -0.444 e. The van der Waals surface area contributed by atoms with Crippen molar-refractivity contribution in [3.8, 4) is 0 Å². The summed E-state index contributed by atoms with van der Waals surface area (Å²) < 4.78 is 10.9. The van der Waals surface area contributed by atoms with Gasteiger partial charge in [-0.15, -0.1) is 0 Å². The number of hydrogen-bond donors (Lipinski definition) is 0. The summed E-state index contributed by atoms with van der Waals surface area (Å²) in [6, 6.07) is 0.229. The normalized spacial score (nSPS) is 26.7. The number of carbonyl (C=O) groups excluding carboxylic acids is 1. The third-order valence-corrected chi connectivity index (χ3v) is 2.61. The molecule has 0 saturated carbocycles. The zero-order valence-corrected chi connectivity index (χ0v) is 10.9. The molecule has 4 heteroatoms. The van der Waals surface area contributed by atoms with E-state index >= 15 is 0 Å². The minimum atomic E-state index is -0.437. The summed E-state index contributed by atoms with van der Waals surface area (Å²) in [7, 11) is 0. The monoisotopic (exact) mass is 229 g/mol. The fraction of sp³-hybridized carbons (Fsp3) is 0.917. The van der Waals surface area contributed by atoms with E-state index in [9.17, 15) is 4.79 Å². The quantitative estimate of drug-likeness (QED) is 0.693. The summed E-state index contributed by atoms with van der Waals surface area (Å²) in [4.78, 5) is 13.9. The van der Waals surface area contributed by atoms with Gasteiger partial charge in [0.1, 0.15) is 5.60 Å². The highest BCUT2D eigenvalue weighted by Gasteiger charge is 2.34. The lowest BCUT2D eigenvalue weighted by Crippen LogP contribution is -2.54. The van der Waals surface area contributed by atoms with Gasteiger partial charge >= 0.3 is 6.09 Å². The molecule has 0 aromatic heterocycles. The van der Waals surface area contributed by atoms with Crippen LogP contribution in [0.4, 0.5) is 4.79 Å². The van der Waals surface area contributed by atoms with Crippen molar-refractivity contribution in [3.63, 3.8) is 0 Å². The first-order valence-corrected chi connectivity index (χ1v) is 5.94. The van der Waals surface area contributed by atoms with Crippen molar-refractivity contribution in [2.75, 3.05) is 13.2 Å². The molecule has 0 aromatic rings. The van der Waals surface area contributed by atoms with Gasteiger partial charge in [0.05, 0.1) is 25.3 Å². The van der Waals surface area contributed by atoms with Crippen molar-refractivity contribution >= 4 is 6.09 Å². The van der Waals surface area contributed by atoms with E-state index in [-0.39, 0.29) is 18.2 Å². The lowest BCUT2D eigenvalue weighted by Gasteiger charge is -2.40. The smallest absolute Gasteiger partial charge is 0.410 e. The average Bonchev–Trinajstić information content (AvgIpc) is 2.14. The van der Waals surface area contributed by atoms with Crippen LogP contribution in [0.25, 0.3) is 0 Å². The summed E-state index contributed by atoms with van der Waals surface area (Å²) in [5.41, 5.74) is -0.437. The van der Waals surface area contributed by atoms with Crippen molar-refractivity contribution in [2.24, 2.45) is 0 Å². The Balaban J connectivity index is 2.70. The first-order valence-electron chi connectivity index (χ1n) is 5.94. The van der Waals surface area contributed by atoms with Crippen molar-refractivity contribution in [2.45, 2.75) is 58.7 Å². The molecule has 0 N–H and O–H groups in total. The van der Waals surface area contributed by atoms with E-state index in [1.165, 1.54) is 0 Å². The lowest BCUT2D eigenvalue weighted by atomic mass is 10.1. The number of carbonyl (C=O) groups is 1. The predicted molar refractivity (Wildman–Crippen MR) is 62.4 cm³/mol. The van der Waals surface area contributed by atoms with Gasteiger partial charge in [-0.1, -0.05) is 6.92 Å². The molecule has 1 heterocycles. The average molecular weight is 229 g/mol. The van der Waals surface area contributed by atoms with Crippen LogP contribution in [-0.2, 0) is 9.47 Å². The largest absolute Gasteiger partial charge is 0.444 e. The van der Waals surface area contributed by atoms with Gasteiger partial charge in [0.2, 0.25) is 0 Å². The molecule has 2 unspecified atom stereocenters. The van der Waals surface area contributed by atoms with E-state index in [2.05, 4.69) is 6.92 Å². The van der Waals surface area contributed by atoms with Crippen LogP contribution in [0.3, 0.4) is 0 Å². The number of amides is 1. The Morgan fingerprint density at radius 3 is 2.56 bits per heavy atom. The van der Waals surface area contributed by atoms with Crippen LogP contribution in [0.1, 0.15) is 41.0 Å². The zero-order chi connectivity index (χ0) is 12.3.